The van der Waals surface area contributed by atoms with Crippen LogP contribution in [-0.4, -0.2) is 42.6 Å². The van der Waals surface area contributed by atoms with Crippen LogP contribution in [0.3, 0.4) is 0 Å². The second kappa shape index (κ2) is 8.74. The molecule has 9 nitrogen and oxygen atoms in total. The van der Waals surface area contributed by atoms with Gasteiger partial charge in [-0.1, -0.05) is 23.9 Å². The Morgan fingerprint density at radius 1 is 1.14 bits per heavy atom. The minimum Gasteiger partial charge on any atom is -0.493 e. The molecule has 2 aromatic carbocycles. The van der Waals surface area contributed by atoms with E-state index in [9.17, 15) is 9.59 Å². The third kappa shape index (κ3) is 4.21. The lowest BCUT2D eigenvalue weighted by molar-refractivity contribution is -0.113. The molecular weight excluding hydrogens is 396 g/mol. The van der Waals surface area contributed by atoms with Gasteiger partial charge in [0.25, 0.3) is 5.56 Å². The number of nitrogens with two attached hydrogens (primary N) is 1. The highest BCUT2D eigenvalue weighted by atomic mass is 32.2. The maximum Gasteiger partial charge on any atom is 0.280 e. The number of carbonyl (C=O) groups excluding carboxylic acids is 1. The van der Waals surface area contributed by atoms with E-state index in [1.54, 1.807) is 36.4 Å². The number of nitrogens with zero attached hydrogens (tertiary/aromatic N) is 2. The van der Waals surface area contributed by atoms with Crippen molar-refractivity contribution < 1.29 is 19.0 Å². The Labute approximate surface area is 170 Å². The Morgan fingerprint density at radius 2 is 1.79 bits per heavy atom. The first-order chi connectivity index (χ1) is 14.0. The zero-order chi connectivity index (χ0) is 21.0. The van der Waals surface area contributed by atoms with Gasteiger partial charge in [-0.15, -0.1) is 0 Å². The molecule has 152 valence electrons. The van der Waals surface area contributed by atoms with E-state index in [2.05, 4.69) is 10.3 Å². The first-order valence-corrected chi connectivity index (χ1v) is 9.46. The summed E-state index contributed by atoms with van der Waals surface area (Å²) in [5, 5.41) is 3.41. The van der Waals surface area contributed by atoms with E-state index in [1.165, 1.54) is 21.3 Å². The predicted octanol–water partition coefficient (Wildman–Crippen LogP) is 1.87. The second-order valence-electron chi connectivity index (χ2n) is 5.84. The molecular formula is C19H20N4O5S. The number of benzene rings is 2. The Bertz CT molecular complexity index is 1090. The molecule has 0 aliphatic rings. The molecule has 0 saturated carbocycles. The molecule has 0 bridgehead atoms. The Hall–Kier alpha value is -3.40. The number of hydrogen-bond acceptors (Lipinski definition) is 8. The van der Waals surface area contributed by atoms with Crippen LogP contribution < -0.4 is 30.9 Å². The Morgan fingerprint density at radius 3 is 2.41 bits per heavy atom. The molecule has 1 aromatic heterocycles. The van der Waals surface area contributed by atoms with E-state index < -0.39 is 0 Å². The standard InChI is InChI=1S/C19H20N4O5S/c1-26-14-8-11(9-15(27-2)17(14)28-3)21-16(24)10-29-19-22-13-7-5-4-6-12(13)18(25)23(19)20/h4-9H,10,20H2,1-3H3,(H,21,24). The van der Waals surface area contributed by atoms with Gasteiger partial charge in [-0.05, 0) is 12.1 Å². The summed E-state index contributed by atoms with van der Waals surface area (Å²) >= 11 is 1.06. The normalized spacial score (nSPS) is 10.6. The lowest BCUT2D eigenvalue weighted by Crippen LogP contribution is -2.30. The average molecular weight is 416 g/mol. The van der Waals surface area contributed by atoms with Crippen LogP contribution in [0.2, 0.25) is 0 Å². The smallest absolute Gasteiger partial charge is 0.280 e. The van der Waals surface area contributed by atoms with E-state index in [1.807, 2.05) is 0 Å². The highest BCUT2D eigenvalue weighted by Crippen LogP contribution is 2.39. The summed E-state index contributed by atoms with van der Waals surface area (Å²) in [5.74, 6) is 6.79. The minimum atomic E-state index is -0.372. The maximum absolute atomic E-state index is 12.4. The van der Waals surface area contributed by atoms with Crippen molar-refractivity contribution in [2.45, 2.75) is 5.16 Å². The van der Waals surface area contributed by atoms with Gasteiger partial charge in [0.05, 0.1) is 38.0 Å². The fourth-order valence-electron chi connectivity index (χ4n) is 2.71. The molecule has 1 amide bonds. The van der Waals surface area contributed by atoms with Crippen molar-refractivity contribution in [1.29, 1.82) is 0 Å². The molecule has 1 heterocycles. The average Bonchev–Trinajstić information content (AvgIpc) is 2.74. The summed E-state index contributed by atoms with van der Waals surface area (Å²) in [6.45, 7) is 0. The van der Waals surface area contributed by atoms with Crippen LogP contribution in [0.25, 0.3) is 10.9 Å². The van der Waals surface area contributed by atoms with Crippen molar-refractivity contribution in [3.05, 3.63) is 46.8 Å². The summed E-state index contributed by atoms with van der Waals surface area (Å²) < 4.78 is 16.8. The number of fused-ring (bicyclic) bond motifs is 1. The Kier molecular flexibility index (Phi) is 6.13. The third-order valence-corrected chi connectivity index (χ3v) is 5.01. The van der Waals surface area contributed by atoms with Crippen LogP contribution >= 0.6 is 11.8 Å². The number of para-hydroxylation sites is 1. The number of hydrogen-bond donors (Lipinski definition) is 2. The number of aromatic nitrogens is 2. The molecule has 0 spiro atoms. The number of thioether (sulfide) groups is 1. The minimum absolute atomic E-state index is 0.00135. The van der Waals surface area contributed by atoms with Gasteiger partial charge in [0, 0.05) is 17.8 Å². The molecule has 0 atom stereocenters. The van der Waals surface area contributed by atoms with E-state index in [0.717, 1.165) is 16.4 Å². The van der Waals surface area contributed by atoms with Gasteiger partial charge in [0.15, 0.2) is 16.7 Å². The molecule has 0 fully saturated rings. The number of anilines is 1. The molecule has 3 aromatic rings. The van der Waals surface area contributed by atoms with Crippen LogP contribution in [-0.2, 0) is 4.79 Å². The van der Waals surface area contributed by atoms with Gasteiger partial charge >= 0.3 is 0 Å². The summed E-state index contributed by atoms with van der Waals surface area (Å²) in [7, 11) is 4.48. The zero-order valence-corrected chi connectivity index (χ0v) is 16.9. The largest absolute Gasteiger partial charge is 0.493 e. The molecule has 0 saturated heterocycles. The van der Waals surface area contributed by atoms with Gasteiger partial charge in [-0.2, -0.15) is 0 Å². The van der Waals surface area contributed by atoms with Crippen LogP contribution in [0.15, 0.2) is 46.3 Å². The van der Waals surface area contributed by atoms with Crippen molar-refractivity contribution in [3.8, 4) is 17.2 Å². The predicted molar refractivity (Wildman–Crippen MR) is 112 cm³/mol. The van der Waals surface area contributed by atoms with Gasteiger partial charge in [-0.3, -0.25) is 9.59 Å². The molecule has 29 heavy (non-hydrogen) atoms. The second-order valence-corrected chi connectivity index (χ2v) is 6.78. The highest BCUT2D eigenvalue weighted by molar-refractivity contribution is 7.99. The monoisotopic (exact) mass is 416 g/mol. The topological polar surface area (TPSA) is 118 Å². The van der Waals surface area contributed by atoms with Crippen molar-refractivity contribution in [2.75, 3.05) is 38.2 Å². The lowest BCUT2D eigenvalue weighted by atomic mass is 10.2. The fraction of sp³-hybridized carbons (Fsp3) is 0.211. The number of rotatable bonds is 7. The van der Waals surface area contributed by atoms with Gasteiger partial charge < -0.3 is 25.4 Å². The first kappa shape index (κ1) is 20.3. The molecule has 0 aliphatic carbocycles. The molecule has 0 unspecified atom stereocenters. The highest BCUT2D eigenvalue weighted by Gasteiger charge is 2.16. The fourth-order valence-corrected chi connectivity index (χ4v) is 3.43. The summed E-state index contributed by atoms with van der Waals surface area (Å²) in [6.07, 6.45) is 0. The van der Waals surface area contributed by atoms with E-state index in [4.69, 9.17) is 20.1 Å². The lowest BCUT2D eigenvalue weighted by Gasteiger charge is -2.14. The molecule has 0 radical (unpaired) electrons. The van der Waals surface area contributed by atoms with E-state index >= 15 is 0 Å². The van der Waals surface area contributed by atoms with Crippen LogP contribution in [0.4, 0.5) is 5.69 Å². The zero-order valence-electron chi connectivity index (χ0n) is 16.1. The van der Waals surface area contributed by atoms with Crippen LogP contribution in [0, 0.1) is 0 Å². The van der Waals surface area contributed by atoms with Crippen molar-refractivity contribution in [2.24, 2.45) is 0 Å². The number of nitrogens with one attached hydrogen (secondary N) is 1. The Balaban J connectivity index is 1.76. The number of amides is 1. The van der Waals surface area contributed by atoms with Crippen molar-refractivity contribution in [3.63, 3.8) is 0 Å². The first-order valence-electron chi connectivity index (χ1n) is 8.48. The SMILES string of the molecule is COc1cc(NC(=O)CSc2nc3ccccc3c(=O)n2N)cc(OC)c1OC. The van der Waals surface area contributed by atoms with E-state index in [-0.39, 0.29) is 22.4 Å². The third-order valence-electron chi connectivity index (χ3n) is 4.06. The summed E-state index contributed by atoms with van der Waals surface area (Å²) in [5.41, 5.74) is 0.622. The van der Waals surface area contributed by atoms with Gasteiger partial charge in [-0.25, -0.2) is 9.66 Å². The number of ether oxygens (including phenoxy) is 3. The van der Waals surface area contributed by atoms with Crippen LogP contribution in [0.1, 0.15) is 0 Å². The molecule has 3 N–H and O–H groups in total. The number of nitrogen functional groups attached to an aromatic ring is 1. The summed E-state index contributed by atoms with van der Waals surface area (Å²) in [4.78, 5) is 29.1. The number of methoxy groups -OCH3 is 3. The molecule has 10 heteroatoms. The van der Waals surface area contributed by atoms with E-state index in [0.29, 0.717) is 33.8 Å². The van der Waals surface area contributed by atoms with Gasteiger partial charge in [0.2, 0.25) is 11.7 Å². The molecule has 3 rings (SSSR count). The quantitative estimate of drug-likeness (QED) is 0.340. The van der Waals surface area contributed by atoms with Crippen LogP contribution in [0.5, 0.6) is 17.2 Å². The maximum atomic E-state index is 12.4. The van der Waals surface area contributed by atoms with Gasteiger partial charge in [0.1, 0.15) is 0 Å². The molecule has 0 aliphatic heterocycles. The number of carbonyl (C=O) groups is 1. The van der Waals surface area contributed by atoms with Crippen molar-refractivity contribution in [1.82, 2.24) is 9.66 Å². The summed E-state index contributed by atoms with van der Waals surface area (Å²) in [6, 6.07) is 10.1. The van der Waals surface area contributed by atoms with Crippen molar-refractivity contribution >= 4 is 34.3 Å².